The lowest BCUT2D eigenvalue weighted by atomic mass is 9.88. The number of aromatic amines is 1. The normalized spacial score (nSPS) is 11.9. The van der Waals surface area contributed by atoms with E-state index in [0.717, 1.165) is 10.9 Å². The molecule has 2 aromatic rings. The van der Waals surface area contributed by atoms with Crippen LogP contribution in [0.3, 0.4) is 0 Å². The predicted molar refractivity (Wildman–Crippen MR) is 68.2 cm³/mol. The van der Waals surface area contributed by atoms with Crippen LogP contribution in [0.2, 0.25) is 0 Å². The zero-order chi connectivity index (χ0) is 12.5. The maximum absolute atomic E-state index is 12.3. The number of aromatic nitrogens is 1. The molecule has 0 atom stereocenters. The van der Waals surface area contributed by atoms with Crippen molar-refractivity contribution >= 4 is 16.7 Å². The molecule has 0 saturated heterocycles. The van der Waals surface area contributed by atoms with Gasteiger partial charge >= 0.3 is 0 Å². The smallest absolute Gasteiger partial charge is 0.196 e. The molecule has 0 saturated carbocycles. The minimum atomic E-state index is -1.25. The average molecular weight is 231 g/mol. The van der Waals surface area contributed by atoms with Gasteiger partial charge < -0.3 is 10.1 Å². The Kier molecular flexibility index (Phi) is 3.03. The zero-order valence-electron chi connectivity index (χ0n) is 10.2. The van der Waals surface area contributed by atoms with Gasteiger partial charge in [0, 0.05) is 22.7 Å². The van der Waals surface area contributed by atoms with Crippen molar-refractivity contribution in [3.63, 3.8) is 0 Å². The third-order valence-corrected chi connectivity index (χ3v) is 3.43. The third-order valence-electron chi connectivity index (χ3n) is 3.43. The summed E-state index contributed by atoms with van der Waals surface area (Å²) in [5, 5.41) is 11.1. The van der Waals surface area contributed by atoms with Gasteiger partial charge in [0.15, 0.2) is 5.78 Å². The maximum atomic E-state index is 12.3. The van der Waals surface area contributed by atoms with E-state index in [1.54, 1.807) is 6.20 Å². The molecule has 3 heteroatoms. The van der Waals surface area contributed by atoms with E-state index < -0.39 is 5.60 Å². The summed E-state index contributed by atoms with van der Waals surface area (Å²) in [5.74, 6) is -0.194. The van der Waals surface area contributed by atoms with Gasteiger partial charge in [0.2, 0.25) is 0 Å². The van der Waals surface area contributed by atoms with Gasteiger partial charge in [-0.25, -0.2) is 0 Å². The quantitative estimate of drug-likeness (QED) is 0.795. The van der Waals surface area contributed by atoms with E-state index in [0.29, 0.717) is 18.4 Å². The molecular formula is C14H17NO2. The fourth-order valence-corrected chi connectivity index (χ4v) is 2.08. The molecule has 1 aromatic heterocycles. The number of carbonyl (C=O) groups is 1. The number of H-pyrrole nitrogens is 1. The van der Waals surface area contributed by atoms with Crippen LogP contribution in [0.25, 0.3) is 10.9 Å². The first-order valence-electron chi connectivity index (χ1n) is 5.95. The van der Waals surface area contributed by atoms with Crippen LogP contribution in [0.5, 0.6) is 0 Å². The van der Waals surface area contributed by atoms with E-state index in [9.17, 15) is 9.90 Å². The summed E-state index contributed by atoms with van der Waals surface area (Å²) in [5.41, 5.74) is 0.252. The molecule has 2 rings (SSSR count). The van der Waals surface area contributed by atoms with E-state index in [2.05, 4.69) is 4.98 Å². The number of Topliss-reactive ketones (excluding diaryl/α,β-unsaturated/α-hetero) is 1. The molecule has 0 aliphatic carbocycles. The van der Waals surface area contributed by atoms with Crippen LogP contribution >= 0.6 is 0 Å². The zero-order valence-corrected chi connectivity index (χ0v) is 10.2. The van der Waals surface area contributed by atoms with Gasteiger partial charge in [-0.2, -0.15) is 0 Å². The van der Waals surface area contributed by atoms with Crippen molar-refractivity contribution in [1.29, 1.82) is 0 Å². The summed E-state index contributed by atoms with van der Waals surface area (Å²) in [7, 11) is 0. The molecule has 1 heterocycles. The monoisotopic (exact) mass is 231 g/mol. The molecule has 0 spiro atoms. The number of aliphatic hydroxyl groups is 1. The third kappa shape index (κ3) is 1.87. The lowest BCUT2D eigenvalue weighted by Crippen LogP contribution is -2.37. The number of nitrogens with one attached hydrogen (secondary N) is 1. The highest BCUT2D eigenvalue weighted by Crippen LogP contribution is 2.26. The van der Waals surface area contributed by atoms with E-state index in [1.165, 1.54) is 0 Å². The minimum absolute atomic E-state index is 0.194. The highest BCUT2D eigenvalue weighted by molar-refractivity contribution is 6.11. The Morgan fingerprint density at radius 2 is 1.94 bits per heavy atom. The van der Waals surface area contributed by atoms with Crippen molar-refractivity contribution in [2.24, 2.45) is 0 Å². The van der Waals surface area contributed by atoms with Gasteiger partial charge in [-0.1, -0.05) is 32.0 Å². The number of rotatable bonds is 4. The van der Waals surface area contributed by atoms with Crippen molar-refractivity contribution in [1.82, 2.24) is 4.98 Å². The van der Waals surface area contributed by atoms with Crippen molar-refractivity contribution in [3.8, 4) is 0 Å². The van der Waals surface area contributed by atoms with Crippen LogP contribution in [-0.2, 0) is 0 Å². The van der Waals surface area contributed by atoms with Crippen molar-refractivity contribution in [2.45, 2.75) is 32.3 Å². The summed E-state index contributed by atoms with van der Waals surface area (Å²) in [4.78, 5) is 15.4. The first-order chi connectivity index (χ1) is 8.12. The number of fused-ring (bicyclic) bond motifs is 1. The molecule has 90 valence electrons. The van der Waals surface area contributed by atoms with Crippen molar-refractivity contribution < 1.29 is 9.90 Å². The van der Waals surface area contributed by atoms with Crippen molar-refractivity contribution in [3.05, 3.63) is 36.0 Å². The standard InChI is InChI=1S/C14H17NO2/c1-3-14(17,4-2)13(16)11-9-15-12-8-6-5-7-10(11)12/h5-9,15,17H,3-4H2,1-2H3. The van der Waals surface area contributed by atoms with Crippen molar-refractivity contribution in [2.75, 3.05) is 0 Å². The molecule has 17 heavy (non-hydrogen) atoms. The van der Waals surface area contributed by atoms with Crippen LogP contribution in [-0.4, -0.2) is 21.5 Å². The Morgan fingerprint density at radius 3 is 2.59 bits per heavy atom. The van der Waals surface area contributed by atoms with Gasteiger partial charge in [0.25, 0.3) is 0 Å². The Hall–Kier alpha value is -1.61. The molecule has 0 radical (unpaired) electrons. The van der Waals surface area contributed by atoms with Gasteiger partial charge in [-0.3, -0.25) is 4.79 Å². The van der Waals surface area contributed by atoms with Gasteiger partial charge in [0.1, 0.15) is 5.60 Å². The number of hydrogen-bond acceptors (Lipinski definition) is 2. The highest BCUT2D eigenvalue weighted by Gasteiger charge is 2.33. The molecule has 0 fully saturated rings. The molecule has 0 aliphatic heterocycles. The predicted octanol–water partition coefficient (Wildman–Crippen LogP) is 2.90. The van der Waals surface area contributed by atoms with Crippen LogP contribution < -0.4 is 0 Å². The highest BCUT2D eigenvalue weighted by atomic mass is 16.3. The summed E-state index contributed by atoms with van der Waals surface area (Å²) in [6, 6.07) is 7.62. The fourth-order valence-electron chi connectivity index (χ4n) is 2.08. The molecule has 0 bridgehead atoms. The van der Waals surface area contributed by atoms with E-state index >= 15 is 0 Å². The second-order valence-corrected chi connectivity index (χ2v) is 4.32. The number of para-hydroxylation sites is 1. The topological polar surface area (TPSA) is 53.1 Å². The fraction of sp³-hybridized carbons (Fsp3) is 0.357. The minimum Gasteiger partial charge on any atom is -0.382 e. The molecular weight excluding hydrogens is 214 g/mol. The van der Waals surface area contributed by atoms with Gasteiger partial charge in [0.05, 0.1) is 0 Å². The first kappa shape index (κ1) is 11.9. The number of hydrogen-bond donors (Lipinski definition) is 2. The van der Waals surface area contributed by atoms with E-state index in [-0.39, 0.29) is 5.78 Å². The lowest BCUT2D eigenvalue weighted by Gasteiger charge is -2.22. The Labute approximate surface area is 100 Å². The lowest BCUT2D eigenvalue weighted by molar-refractivity contribution is 0.0279. The van der Waals surface area contributed by atoms with Crippen LogP contribution in [0, 0.1) is 0 Å². The number of carbonyl (C=O) groups excluding carboxylic acids is 1. The summed E-state index contributed by atoms with van der Waals surface area (Å²) < 4.78 is 0. The SMILES string of the molecule is CCC(O)(CC)C(=O)c1c[nH]c2ccccc12. The van der Waals surface area contributed by atoms with Gasteiger partial charge in [-0.05, 0) is 18.9 Å². The second kappa shape index (κ2) is 4.34. The number of benzene rings is 1. The number of ketones is 1. The molecule has 3 nitrogen and oxygen atoms in total. The van der Waals surface area contributed by atoms with Crippen LogP contribution in [0.4, 0.5) is 0 Å². The maximum Gasteiger partial charge on any atom is 0.196 e. The van der Waals surface area contributed by atoms with E-state index in [1.807, 2.05) is 38.1 Å². The first-order valence-corrected chi connectivity index (χ1v) is 5.95. The Balaban J connectivity index is 2.50. The molecule has 0 aliphatic rings. The molecule has 0 amide bonds. The second-order valence-electron chi connectivity index (χ2n) is 4.32. The summed E-state index contributed by atoms with van der Waals surface area (Å²) in [6.07, 6.45) is 2.55. The Bertz CT molecular complexity index is 538. The average Bonchev–Trinajstić information content (AvgIpc) is 2.80. The van der Waals surface area contributed by atoms with E-state index in [4.69, 9.17) is 0 Å². The largest absolute Gasteiger partial charge is 0.382 e. The molecule has 2 N–H and O–H groups in total. The van der Waals surface area contributed by atoms with Gasteiger partial charge in [-0.15, -0.1) is 0 Å². The van der Waals surface area contributed by atoms with Crippen LogP contribution in [0.1, 0.15) is 37.0 Å². The summed E-state index contributed by atoms with van der Waals surface area (Å²) in [6.45, 7) is 3.66. The van der Waals surface area contributed by atoms with Crippen LogP contribution in [0.15, 0.2) is 30.5 Å². The summed E-state index contributed by atoms with van der Waals surface area (Å²) >= 11 is 0. The molecule has 1 aromatic carbocycles. The molecule has 0 unspecified atom stereocenters. The Morgan fingerprint density at radius 1 is 1.29 bits per heavy atom.